The first-order valence-electron chi connectivity index (χ1n) is 7.30. The average molecular weight is 318 g/mol. The number of nitrogens with zero attached hydrogens (tertiary/aromatic N) is 2. The molecular weight excluding hydrogens is 300 g/mol. The highest BCUT2D eigenvalue weighted by Gasteiger charge is 2.26. The zero-order valence-electron chi connectivity index (χ0n) is 12.8. The van der Waals surface area contributed by atoms with Gasteiger partial charge >= 0.3 is 5.97 Å². The molecule has 0 radical (unpaired) electrons. The van der Waals surface area contributed by atoms with Crippen molar-refractivity contribution in [2.75, 3.05) is 20.2 Å². The first-order chi connectivity index (χ1) is 11.0. The van der Waals surface area contributed by atoms with Crippen molar-refractivity contribution in [1.29, 1.82) is 0 Å². The monoisotopic (exact) mass is 318 g/mol. The van der Waals surface area contributed by atoms with Crippen LogP contribution in [0.4, 0.5) is 5.69 Å². The van der Waals surface area contributed by atoms with Crippen molar-refractivity contribution in [3.05, 3.63) is 46.0 Å². The van der Waals surface area contributed by atoms with Gasteiger partial charge in [0, 0.05) is 31.3 Å². The van der Waals surface area contributed by atoms with Gasteiger partial charge in [-0.2, -0.15) is 0 Å². The molecule has 0 unspecified atom stereocenters. The molecule has 1 fully saturated rings. The molecule has 23 heavy (non-hydrogen) atoms. The van der Waals surface area contributed by atoms with Crippen LogP contribution in [0.3, 0.4) is 0 Å². The maximum absolute atomic E-state index is 12.1. The summed E-state index contributed by atoms with van der Waals surface area (Å²) in [5, 5.41) is 10.7. The van der Waals surface area contributed by atoms with E-state index in [1.54, 1.807) is 23.1 Å². The quantitative estimate of drug-likeness (QED) is 0.367. The van der Waals surface area contributed by atoms with E-state index in [2.05, 4.69) is 0 Å². The smallest absolute Gasteiger partial charge is 0.308 e. The number of methoxy groups -OCH3 is 1. The lowest BCUT2D eigenvalue weighted by Gasteiger charge is -2.29. The van der Waals surface area contributed by atoms with E-state index < -0.39 is 4.92 Å². The van der Waals surface area contributed by atoms with Gasteiger partial charge in [0.1, 0.15) is 0 Å². The summed E-state index contributed by atoms with van der Waals surface area (Å²) in [4.78, 5) is 35.5. The molecule has 2 rings (SSSR count). The first-order valence-corrected chi connectivity index (χ1v) is 7.30. The van der Waals surface area contributed by atoms with Gasteiger partial charge < -0.3 is 9.64 Å². The molecule has 0 bridgehead atoms. The number of hydrogen-bond acceptors (Lipinski definition) is 5. The number of piperidine rings is 1. The van der Waals surface area contributed by atoms with Crippen molar-refractivity contribution in [2.24, 2.45) is 5.92 Å². The summed E-state index contributed by atoms with van der Waals surface area (Å²) in [6.07, 6.45) is 4.13. The SMILES string of the molecule is COC(=O)C1CCN(C(=O)C=Cc2cccc([N+](=O)[O-])c2)CC1. The van der Waals surface area contributed by atoms with E-state index in [0.717, 1.165) is 0 Å². The van der Waals surface area contributed by atoms with Crippen LogP contribution in [-0.4, -0.2) is 41.9 Å². The van der Waals surface area contributed by atoms with E-state index in [-0.39, 0.29) is 23.5 Å². The minimum absolute atomic E-state index is 0.0153. The van der Waals surface area contributed by atoms with Crippen molar-refractivity contribution in [1.82, 2.24) is 4.90 Å². The van der Waals surface area contributed by atoms with Gasteiger partial charge in [-0.1, -0.05) is 12.1 Å². The molecular formula is C16H18N2O5. The van der Waals surface area contributed by atoms with Crippen molar-refractivity contribution in [3.8, 4) is 0 Å². The lowest BCUT2D eigenvalue weighted by molar-refractivity contribution is -0.384. The predicted molar refractivity (Wildman–Crippen MR) is 83.5 cm³/mol. The number of non-ortho nitro benzene ring substituents is 1. The van der Waals surface area contributed by atoms with Crippen LogP contribution in [0.1, 0.15) is 18.4 Å². The first kappa shape index (κ1) is 16.7. The van der Waals surface area contributed by atoms with E-state index in [1.165, 1.54) is 25.3 Å². The number of benzene rings is 1. The lowest BCUT2D eigenvalue weighted by atomic mass is 9.97. The van der Waals surface area contributed by atoms with E-state index in [4.69, 9.17) is 4.74 Å². The number of ether oxygens (including phenoxy) is 1. The van der Waals surface area contributed by atoms with Gasteiger partial charge in [0.15, 0.2) is 0 Å². The topological polar surface area (TPSA) is 89.8 Å². The summed E-state index contributed by atoms with van der Waals surface area (Å²) in [7, 11) is 1.36. The summed E-state index contributed by atoms with van der Waals surface area (Å²) < 4.78 is 4.71. The number of nitro benzene ring substituents is 1. The fourth-order valence-electron chi connectivity index (χ4n) is 2.52. The van der Waals surface area contributed by atoms with Gasteiger partial charge in [-0.05, 0) is 24.5 Å². The normalized spacial score (nSPS) is 15.6. The zero-order chi connectivity index (χ0) is 16.8. The third-order valence-electron chi connectivity index (χ3n) is 3.84. The molecule has 122 valence electrons. The molecule has 0 spiro atoms. The molecule has 1 aromatic rings. The van der Waals surface area contributed by atoms with Crippen LogP contribution in [0.15, 0.2) is 30.3 Å². The Morgan fingerprint density at radius 2 is 2.04 bits per heavy atom. The molecule has 1 heterocycles. The van der Waals surface area contributed by atoms with Crippen LogP contribution < -0.4 is 0 Å². The van der Waals surface area contributed by atoms with Gasteiger partial charge in [0.05, 0.1) is 18.0 Å². The second-order valence-corrected chi connectivity index (χ2v) is 5.31. The highest BCUT2D eigenvalue weighted by atomic mass is 16.6. The summed E-state index contributed by atoms with van der Waals surface area (Å²) in [5.41, 5.74) is 0.579. The number of esters is 1. The van der Waals surface area contributed by atoms with Gasteiger partial charge in [-0.15, -0.1) is 0 Å². The van der Waals surface area contributed by atoms with Crippen molar-refractivity contribution < 1.29 is 19.2 Å². The molecule has 0 atom stereocenters. The Labute approximate surface area is 133 Å². The van der Waals surface area contributed by atoms with Crippen molar-refractivity contribution in [3.63, 3.8) is 0 Å². The molecule has 1 aliphatic heterocycles. The Hall–Kier alpha value is -2.70. The van der Waals surface area contributed by atoms with Crippen molar-refractivity contribution >= 4 is 23.6 Å². The van der Waals surface area contributed by atoms with E-state index in [0.29, 0.717) is 31.5 Å². The molecule has 0 saturated carbocycles. The summed E-state index contributed by atoms with van der Waals surface area (Å²) in [6, 6.07) is 6.08. The van der Waals surface area contributed by atoms with Crippen LogP contribution in [0.25, 0.3) is 6.08 Å². The number of hydrogen-bond donors (Lipinski definition) is 0. The third-order valence-corrected chi connectivity index (χ3v) is 3.84. The largest absolute Gasteiger partial charge is 0.469 e. The lowest BCUT2D eigenvalue weighted by Crippen LogP contribution is -2.39. The Morgan fingerprint density at radius 1 is 1.35 bits per heavy atom. The van der Waals surface area contributed by atoms with Gasteiger partial charge in [-0.25, -0.2) is 0 Å². The maximum Gasteiger partial charge on any atom is 0.308 e. The van der Waals surface area contributed by atoms with Crippen LogP contribution in [0.2, 0.25) is 0 Å². The fourth-order valence-corrected chi connectivity index (χ4v) is 2.52. The second kappa shape index (κ2) is 7.53. The summed E-state index contributed by atoms with van der Waals surface area (Å²) >= 11 is 0. The Balaban J connectivity index is 1.93. The molecule has 7 heteroatoms. The number of nitro groups is 1. The van der Waals surface area contributed by atoms with E-state index >= 15 is 0 Å². The second-order valence-electron chi connectivity index (χ2n) is 5.31. The summed E-state index contributed by atoms with van der Waals surface area (Å²) in [5.74, 6) is -0.547. The van der Waals surface area contributed by atoms with Gasteiger partial charge in [-0.3, -0.25) is 19.7 Å². The number of carbonyl (C=O) groups excluding carboxylic acids is 2. The molecule has 1 aliphatic rings. The standard InChI is InChI=1S/C16H18N2O5/c1-23-16(20)13-7-9-17(10-8-13)15(19)6-5-12-3-2-4-14(11-12)18(21)22/h2-6,11,13H,7-10H2,1H3. The number of rotatable bonds is 4. The Kier molecular flexibility index (Phi) is 5.46. The van der Waals surface area contributed by atoms with Crippen LogP contribution in [-0.2, 0) is 14.3 Å². The van der Waals surface area contributed by atoms with E-state index in [1.807, 2.05) is 0 Å². The number of amides is 1. The average Bonchev–Trinajstić information content (AvgIpc) is 2.59. The van der Waals surface area contributed by atoms with Crippen LogP contribution in [0, 0.1) is 16.0 Å². The van der Waals surface area contributed by atoms with Gasteiger partial charge in [0.25, 0.3) is 5.69 Å². The summed E-state index contributed by atoms with van der Waals surface area (Å²) in [6.45, 7) is 0.996. The van der Waals surface area contributed by atoms with Crippen LogP contribution in [0.5, 0.6) is 0 Å². The van der Waals surface area contributed by atoms with Crippen molar-refractivity contribution in [2.45, 2.75) is 12.8 Å². The zero-order valence-corrected chi connectivity index (χ0v) is 12.8. The molecule has 0 N–H and O–H groups in total. The minimum Gasteiger partial charge on any atom is -0.469 e. The highest BCUT2D eigenvalue weighted by molar-refractivity contribution is 5.92. The third kappa shape index (κ3) is 4.38. The molecule has 1 amide bonds. The molecule has 7 nitrogen and oxygen atoms in total. The number of carbonyl (C=O) groups is 2. The molecule has 1 aromatic carbocycles. The molecule has 0 aliphatic carbocycles. The fraction of sp³-hybridized carbons (Fsp3) is 0.375. The molecule has 1 saturated heterocycles. The Morgan fingerprint density at radius 3 is 2.65 bits per heavy atom. The number of likely N-dealkylation sites (tertiary alicyclic amines) is 1. The van der Waals surface area contributed by atoms with E-state index in [9.17, 15) is 19.7 Å². The highest BCUT2D eigenvalue weighted by Crippen LogP contribution is 2.19. The van der Waals surface area contributed by atoms with Crippen LogP contribution >= 0.6 is 0 Å². The minimum atomic E-state index is -0.475. The predicted octanol–water partition coefficient (Wildman–Crippen LogP) is 2.02. The Bertz CT molecular complexity index is 633. The van der Waals surface area contributed by atoms with Gasteiger partial charge in [0.2, 0.25) is 5.91 Å². The maximum atomic E-state index is 12.1. The molecule has 0 aromatic heterocycles.